The summed E-state index contributed by atoms with van der Waals surface area (Å²) in [4.78, 5) is 15.7. The van der Waals surface area contributed by atoms with E-state index in [2.05, 4.69) is 11.4 Å². The maximum atomic E-state index is 12.7. The van der Waals surface area contributed by atoms with Crippen LogP contribution in [0.5, 0.6) is 5.75 Å². The van der Waals surface area contributed by atoms with Gasteiger partial charge >= 0.3 is 0 Å². The molecule has 0 radical (unpaired) electrons. The van der Waals surface area contributed by atoms with Crippen LogP contribution in [0.2, 0.25) is 0 Å². The molecule has 0 bridgehead atoms. The minimum Gasteiger partial charge on any atom is -0.497 e. The lowest BCUT2D eigenvalue weighted by Gasteiger charge is -2.32. The molecule has 0 atom stereocenters. The summed E-state index contributed by atoms with van der Waals surface area (Å²) < 4.78 is 5.18. The van der Waals surface area contributed by atoms with Gasteiger partial charge in [0.15, 0.2) is 0 Å². The van der Waals surface area contributed by atoms with Crippen LogP contribution in [0.4, 0.5) is 5.69 Å². The van der Waals surface area contributed by atoms with Gasteiger partial charge in [-0.05, 0) is 35.7 Å². The van der Waals surface area contributed by atoms with Crippen molar-refractivity contribution in [2.45, 2.75) is 6.54 Å². The number of nitrogens with zero attached hydrogens (tertiary/aromatic N) is 1. The van der Waals surface area contributed by atoms with Crippen LogP contribution in [0.3, 0.4) is 0 Å². The van der Waals surface area contributed by atoms with Crippen molar-refractivity contribution in [3.8, 4) is 5.75 Å². The van der Waals surface area contributed by atoms with Gasteiger partial charge in [0.1, 0.15) is 5.75 Å². The smallest absolute Gasteiger partial charge is 0.233 e. The Morgan fingerprint density at radius 2 is 2.10 bits per heavy atom. The lowest BCUT2D eigenvalue weighted by Crippen LogP contribution is -2.52. The molecule has 110 valence electrons. The van der Waals surface area contributed by atoms with Gasteiger partial charge in [-0.2, -0.15) is 0 Å². The zero-order chi connectivity index (χ0) is 14.7. The van der Waals surface area contributed by atoms with Crippen molar-refractivity contribution in [3.05, 3.63) is 46.7 Å². The van der Waals surface area contributed by atoms with Crippen LogP contribution in [-0.2, 0) is 11.3 Å². The van der Waals surface area contributed by atoms with Crippen LogP contribution in [0.15, 0.2) is 41.8 Å². The molecule has 1 N–H and O–H groups in total. The van der Waals surface area contributed by atoms with E-state index >= 15 is 0 Å². The summed E-state index contributed by atoms with van der Waals surface area (Å²) >= 11 is 1.67. The predicted molar refractivity (Wildman–Crippen MR) is 84.9 cm³/mol. The maximum absolute atomic E-state index is 12.7. The zero-order valence-electron chi connectivity index (χ0n) is 11.9. The van der Waals surface area contributed by atoms with Crippen LogP contribution < -0.4 is 15.0 Å². The Morgan fingerprint density at radius 3 is 2.62 bits per heavy atom. The molecule has 1 saturated heterocycles. The summed E-state index contributed by atoms with van der Waals surface area (Å²) in [6, 6.07) is 11.7. The third-order valence-electron chi connectivity index (χ3n) is 3.67. The lowest BCUT2D eigenvalue weighted by atomic mass is 10.0. The topological polar surface area (TPSA) is 41.6 Å². The quantitative estimate of drug-likeness (QED) is 0.923. The van der Waals surface area contributed by atoms with Crippen LogP contribution in [-0.4, -0.2) is 26.1 Å². The SMILES string of the molecule is COc1ccc(N(Cc2cccs2)C(=O)C2CNC2)cc1. The molecule has 3 rings (SSSR count). The maximum Gasteiger partial charge on any atom is 0.233 e. The van der Waals surface area contributed by atoms with E-state index in [4.69, 9.17) is 4.74 Å². The van der Waals surface area contributed by atoms with Crippen LogP contribution >= 0.6 is 11.3 Å². The molecule has 1 fully saturated rings. The van der Waals surface area contributed by atoms with Gasteiger partial charge in [-0.1, -0.05) is 6.07 Å². The van der Waals surface area contributed by atoms with Crippen molar-refractivity contribution in [2.75, 3.05) is 25.1 Å². The molecule has 0 spiro atoms. The van der Waals surface area contributed by atoms with Crippen LogP contribution in [0.25, 0.3) is 0 Å². The minimum atomic E-state index is 0.0899. The van der Waals surface area contributed by atoms with Gasteiger partial charge in [0, 0.05) is 23.7 Å². The highest BCUT2D eigenvalue weighted by atomic mass is 32.1. The van der Waals surface area contributed by atoms with E-state index in [0.717, 1.165) is 24.5 Å². The Balaban J connectivity index is 1.84. The molecule has 4 nitrogen and oxygen atoms in total. The monoisotopic (exact) mass is 302 g/mol. The van der Waals surface area contributed by atoms with Gasteiger partial charge in [0.2, 0.25) is 5.91 Å². The molecule has 0 saturated carbocycles. The Morgan fingerprint density at radius 1 is 1.33 bits per heavy atom. The molecular formula is C16H18N2O2S. The second kappa shape index (κ2) is 6.28. The lowest BCUT2D eigenvalue weighted by molar-refractivity contribution is -0.123. The molecule has 0 unspecified atom stereocenters. The fraction of sp³-hybridized carbons (Fsp3) is 0.312. The number of amides is 1. The molecule has 1 aromatic carbocycles. The Kier molecular flexibility index (Phi) is 4.22. The van der Waals surface area contributed by atoms with Crippen molar-refractivity contribution >= 4 is 22.9 Å². The Bertz CT molecular complexity index is 591. The first-order valence-corrected chi connectivity index (χ1v) is 7.84. The minimum absolute atomic E-state index is 0.0899. The van der Waals surface area contributed by atoms with E-state index in [9.17, 15) is 4.79 Å². The average molecular weight is 302 g/mol. The average Bonchev–Trinajstić information content (AvgIpc) is 2.96. The zero-order valence-corrected chi connectivity index (χ0v) is 12.7. The summed E-state index contributed by atoms with van der Waals surface area (Å²) in [7, 11) is 1.64. The van der Waals surface area contributed by atoms with E-state index in [0.29, 0.717) is 6.54 Å². The Labute approximate surface area is 128 Å². The number of benzene rings is 1. The number of anilines is 1. The number of methoxy groups -OCH3 is 1. The highest BCUT2D eigenvalue weighted by molar-refractivity contribution is 7.09. The van der Waals surface area contributed by atoms with Gasteiger partial charge in [0.25, 0.3) is 0 Å². The first kappa shape index (κ1) is 14.1. The van der Waals surface area contributed by atoms with Crippen LogP contribution in [0.1, 0.15) is 4.88 Å². The van der Waals surface area contributed by atoms with E-state index in [1.807, 2.05) is 40.6 Å². The molecule has 1 aliphatic heterocycles. The van der Waals surface area contributed by atoms with Crippen molar-refractivity contribution in [2.24, 2.45) is 5.92 Å². The third-order valence-corrected chi connectivity index (χ3v) is 4.54. The number of carbonyl (C=O) groups excluding carboxylic acids is 1. The first-order chi connectivity index (χ1) is 10.3. The Hall–Kier alpha value is -1.85. The van der Waals surface area contributed by atoms with Crippen molar-refractivity contribution in [1.82, 2.24) is 5.32 Å². The van der Waals surface area contributed by atoms with Gasteiger partial charge in [-0.3, -0.25) is 4.79 Å². The summed E-state index contributed by atoms with van der Waals surface area (Å²) in [5.41, 5.74) is 0.918. The molecular weight excluding hydrogens is 284 g/mol. The van der Waals surface area contributed by atoms with Gasteiger partial charge in [0.05, 0.1) is 19.6 Å². The van der Waals surface area contributed by atoms with Crippen molar-refractivity contribution < 1.29 is 9.53 Å². The number of rotatable bonds is 5. The van der Waals surface area contributed by atoms with Crippen molar-refractivity contribution in [1.29, 1.82) is 0 Å². The molecule has 1 amide bonds. The highest BCUT2D eigenvalue weighted by Gasteiger charge is 2.30. The van der Waals surface area contributed by atoms with E-state index < -0.39 is 0 Å². The summed E-state index contributed by atoms with van der Waals surface area (Å²) in [6.07, 6.45) is 0. The van der Waals surface area contributed by atoms with Gasteiger partial charge < -0.3 is 15.0 Å². The van der Waals surface area contributed by atoms with Crippen LogP contribution in [0, 0.1) is 5.92 Å². The summed E-state index contributed by atoms with van der Waals surface area (Å²) in [6.45, 7) is 2.17. The molecule has 0 aliphatic carbocycles. The number of hydrogen-bond acceptors (Lipinski definition) is 4. The number of thiophene rings is 1. The second-order valence-electron chi connectivity index (χ2n) is 5.06. The first-order valence-electron chi connectivity index (χ1n) is 6.96. The molecule has 2 heterocycles. The fourth-order valence-corrected chi connectivity index (χ4v) is 2.99. The summed E-state index contributed by atoms with van der Waals surface area (Å²) in [5.74, 6) is 1.08. The normalized spacial score (nSPS) is 14.5. The van der Waals surface area contributed by atoms with Gasteiger partial charge in [-0.15, -0.1) is 11.3 Å². The standard InChI is InChI=1S/C16H18N2O2S/c1-20-14-6-4-13(5-7-14)18(11-15-3-2-8-21-15)16(19)12-9-17-10-12/h2-8,12,17H,9-11H2,1H3. The fourth-order valence-electron chi connectivity index (χ4n) is 2.30. The van der Waals surface area contributed by atoms with E-state index in [1.165, 1.54) is 4.88 Å². The number of ether oxygens (including phenoxy) is 1. The van der Waals surface area contributed by atoms with E-state index in [-0.39, 0.29) is 11.8 Å². The van der Waals surface area contributed by atoms with Gasteiger partial charge in [-0.25, -0.2) is 0 Å². The molecule has 5 heteroatoms. The molecule has 1 aromatic heterocycles. The summed E-state index contributed by atoms with van der Waals surface area (Å²) in [5, 5.41) is 5.20. The third kappa shape index (κ3) is 3.09. The largest absolute Gasteiger partial charge is 0.497 e. The number of nitrogens with one attached hydrogen (secondary N) is 1. The number of carbonyl (C=O) groups is 1. The molecule has 21 heavy (non-hydrogen) atoms. The van der Waals surface area contributed by atoms with Crippen molar-refractivity contribution in [3.63, 3.8) is 0 Å². The molecule has 1 aliphatic rings. The molecule has 2 aromatic rings. The predicted octanol–water partition coefficient (Wildman–Crippen LogP) is 2.51. The second-order valence-corrected chi connectivity index (χ2v) is 6.09. The number of hydrogen-bond donors (Lipinski definition) is 1. The highest BCUT2D eigenvalue weighted by Crippen LogP contribution is 2.25. The van der Waals surface area contributed by atoms with E-state index in [1.54, 1.807) is 18.4 Å².